The minimum Gasteiger partial charge on any atom is -0.330 e. The minimum atomic E-state index is -0.234. The summed E-state index contributed by atoms with van der Waals surface area (Å²) in [6.07, 6.45) is 1.66. The molecule has 1 N–H and O–H groups in total. The first-order valence-corrected chi connectivity index (χ1v) is 5.73. The van der Waals surface area contributed by atoms with Crippen molar-refractivity contribution >= 4 is 12.2 Å². The summed E-state index contributed by atoms with van der Waals surface area (Å²) in [5, 5.41) is 0. The van der Waals surface area contributed by atoms with Crippen molar-refractivity contribution in [3.8, 4) is 11.3 Å². The zero-order valence-electron chi connectivity index (χ0n) is 9.97. The molecule has 1 aromatic heterocycles. The van der Waals surface area contributed by atoms with Crippen LogP contribution in [0.4, 0.5) is 4.39 Å². The van der Waals surface area contributed by atoms with E-state index < -0.39 is 0 Å². The van der Waals surface area contributed by atoms with Gasteiger partial charge in [-0.15, -0.1) is 0 Å². The van der Waals surface area contributed by atoms with Crippen LogP contribution in [0.15, 0.2) is 18.3 Å². The number of aromatic nitrogens is 2. The van der Waals surface area contributed by atoms with Gasteiger partial charge in [-0.3, -0.25) is 0 Å². The highest BCUT2D eigenvalue weighted by atomic mass is 32.1. The van der Waals surface area contributed by atoms with E-state index in [2.05, 4.69) is 9.97 Å². The normalized spacial score (nSPS) is 10.6. The van der Waals surface area contributed by atoms with Gasteiger partial charge in [-0.05, 0) is 55.7 Å². The Labute approximate surface area is 105 Å². The number of aryl methyl sites for hydroxylation is 3. The Morgan fingerprint density at radius 1 is 1.18 bits per heavy atom. The predicted molar refractivity (Wildman–Crippen MR) is 69.0 cm³/mol. The number of aromatic amines is 1. The van der Waals surface area contributed by atoms with Crippen LogP contribution in [0.25, 0.3) is 11.3 Å². The number of H-pyrrole nitrogens is 1. The highest BCUT2D eigenvalue weighted by molar-refractivity contribution is 7.71. The van der Waals surface area contributed by atoms with Crippen LogP contribution in [0.1, 0.15) is 16.7 Å². The largest absolute Gasteiger partial charge is 0.330 e. The second-order valence-corrected chi connectivity index (χ2v) is 4.57. The average molecular weight is 248 g/mol. The Hall–Kier alpha value is -1.55. The molecule has 0 atom stereocenters. The van der Waals surface area contributed by atoms with Crippen LogP contribution in [-0.4, -0.2) is 9.97 Å². The van der Waals surface area contributed by atoms with Gasteiger partial charge >= 0.3 is 0 Å². The zero-order valence-corrected chi connectivity index (χ0v) is 10.8. The van der Waals surface area contributed by atoms with Crippen molar-refractivity contribution in [2.24, 2.45) is 0 Å². The molecule has 2 rings (SSSR count). The third-order valence-electron chi connectivity index (χ3n) is 2.68. The lowest BCUT2D eigenvalue weighted by Gasteiger charge is -2.11. The Morgan fingerprint density at radius 3 is 2.53 bits per heavy atom. The van der Waals surface area contributed by atoms with Gasteiger partial charge in [0.05, 0.1) is 5.69 Å². The van der Waals surface area contributed by atoms with E-state index in [0.717, 1.165) is 16.7 Å². The summed E-state index contributed by atoms with van der Waals surface area (Å²) in [5.74, 6) is -0.234. The molecule has 0 saturated heterocycles. The molecular weight excluding hydrogens is 235 g/mol. The Bertz CT molecular complexity index is 609. The van der Waals surface area contributed by atoms with Crippen LogP contribution in [0, 0.1) is 31.4 Å². The van der Waals surface area contributed by atoms with Gasteiger partial charge in [-0.2, -0.15) is 0 Å². The van der Waals surface area contributed by atoms with Crippen molar-refractivity contribution in [1.29, 1.82) is 0 Å². The molecule has 0 unspecified atom stereocenters. The molecule has 2 nitrogen and oxygen atoms in total. The van der Waals surface area contributed by atoms with Crippen LogP contribution in [0.3, 0.4) is 0 Å². The second-order valence-electron chi connectivity index (χ2n) is 4.19. The molecule has 0 radical (unpaired) electrons. The Kier molecular flexibility index (Phi) is 3.07. The minimum absolute atomic E-state index is 0.234. The molecule has 0 saturated carbocycles. The molecule has 1 heterocycles. The molecule has 88 valence electrons. The van der Waals surface area contributed by atoms with E-state index in [9.17, 15) is 4.39 Å². The Morgan fingerprint density at radius 2 is 1.88 bits per heavy atom. The lowest BCUT2D eigenvalue weighted by molar-refractivity contribution is 0.628. The number of hydrogen-bond acceptors (Lipinski definition) is 2. The van der Waals surface area contributed by atoms with Crippen LogP contribution in [-0.2, 0) is 0 Å². The molecule has 0 bridgehead atoms. The summed E-state index contributed by atoms with van der Waals surface area (Å²) in [4.78, 5) is 6.94. The van der Waals surface area contributed by atoms with Gasteiger partial charge in [0.1, 0.15) is 5.82 Å². The number of halogens is 1. The molecule has 0 spiro atoms. The van der Waals surface area contributed by atoms with Gasteiger partial charge in [0, 0.05) is 11.8 Å². The van der Waals surface area contributed by atoms with Crippen LogP contribution >= 0.6 is 12.2 Å². The molecule has 2 aromatic rings. The van der Waals surface area contributed by atoms with Gasteiger partial charge in [0.2, 0.25) is 0 Å². The Balaban J connectivity index is 2.77. The molecule has 0 aliphatic heterocycles. The zero-order chi connectivity index (χ0) is 12.6. The first-order chi connectivity index (χ1) is 7.99. The average Bonchev–Trinajstić information content (AvgIpc) is 2.21. The molecule has 0 amide bonds. The second kappa shape index (κ2) is 4.37. The van der Waals surface area contributed by atoms with Crippen molar-refractivity contribution in [2.75, 3.05) is 0 Å². The van der Waals surface area contributed by atoms with Gasteiger partial charge in [0.25, 0.3) is 0 Å². The van der Waals surface area contributed by atoms with E-state index in [4.69, 9.17) is 12.2 Å². The number of hydrogen-bond donors (Lipinski definition) is 1. The number of nitrogens with zero attached hydrogens (tertiary/aromatic N) is 1. The van der Waals surface area contributed by atoms with E-state index in [1.165, 1.54) is 6.07 Å². The van der Waals surface area contributed by atoms with Gasteiger partial charge in [-0.1, -0.05) is 6.07 Å². The monoisotopic (exact) mass is 248 g/mol. The van der Waals surface area contributed by atoms with Crippen molar-refractivity contribution in [1.82, 2.24) is 9.97 Å². The van der Waals surface area contributed by atoms with E-state index >= 15 is 0 Å². The van der Waals surface area contributed by atoms with Crippen molar-refractivity contribution in [3.63, 3.8) is 0 Å². The molecule has 4 heteroatoms. The molecule has 0 aliphatic rings. The van der Waals surface area contributed by atoms with Crippen molar-refractivity contribution in [3.05, 3.63) is 45.6 Å². The van der Waals surface area contributed by atoms with Crippen LogP contribution in [0.2, 0.25) is 0 Å². The summed E-state index contributed by atoms with van der Waals surface area (Å²) in [7, 11) is 0. The molecular formula is C13H13FN2S. The number of rotatable bonds is 1. The highest BCUT2D eigenvalue weighted by Crippen LogP contribution is 2.28. The van der Waals surface area contributed by atoms with Gasteiger partial charge < -0.3 is 4.98 Å². The van der Waals surface area contributed by atoms with E-state index in [1.807, 2.05) is 26.8 Å². The van der Waals surface area contributed by atoms with Crippen LogP contribution in [0.5, 0.6) is 0 Å². The molecule has 17 heavy (non-hydrogen) atoms. The van der Waals surface area contributed by atoms with Crippen molar-refractivity contribution < 1.29 is 4.39 Å². The predicted octanol–water partition coefficient (Wildman–Crippen LogP) is 3.87. The maximum Gasteiger partial charge on any atom is 0.197 e. The van der Waals surface area contributed by atoms with E-state index in [-0.39, 0.29) is 5.82 Å². The lowest BCUT2D eigenvalue weighted by Crippen LogP contribution is -1.97. The summed E-state index contributed by atoms with van der Waals surface area (Å²) in [5.41, 5.74) is 3.96. The SMILES string of the molecule is Cc1cc(C)c(-c2[nH]c(=S)ncc2C)c(F)c1. The van der Waals surface area contributed by atoms with Crippen LogP contribution < -0.4 is 0 Å². The first-order valence-electron chi connectivity index (χ1n) is 5.32. The fraction of sp³-hybridized carbons (Fsp3) is 0.231. The third-order valence-corrected chi connectivity index (χ3v) is 2.89. The first kappa shape index (κ1) is 11.9. The summed E-state index contributed by atoms with van der Waals surface area (Å²) >= 11 is 4.98. The third kappa shape index (κ3) is 2.26. The quantitative estimate of drug-likeness (QED) is 0.776. The number of nitrogens with one attached hydrogen (secondary N) is 1. The smallest absolute Gasteiger partial charge is 0.197 e. The fourth-order valence-corrected chi connectivity index (χ4v) is 2.10. The maximum absolute atomic E-state index is 14.0. The van der Waals surface area contributed by atoms with E-state index in [0.29, 0.717) is 16.0 Å². The number of benzene rings is 1. The fourth-order valence-electron chi connectivity index (χ4n) is 1.95. The summed E-state index contributed by atoms with van der Waals surface area (Å²) in [6, 6.07) is 3.48. The summed E-state index contributed by atoms with van der Waals surface area (Å²) in [6.45, 7) is 5.65. The maximum atomic E-state index is 14.0. The molecule has 1 aromatic carbocycles. The lowest BCUT2D eigenvalue weighted by atomic mass is 10.00. The van der Waals surface area contributed by atoms with Gasteiger partial charge in [-0.25, -0.2) is 9.37 Å². The van der Waals surface area contributed by atoms with Gasteiger partial charge in [0.15, 0.2) is 4.77 Å². The summed E-state index contributed by atoms with van der Waals surface area (Å²) < 4.78 is 14.4. The molecule has 0 fully saturated rings. The topological polar surface area (TPSA) is 28.7 Å². The highest BCUT2D eigenvalue weighted by Gasteiger charge is 2.12. The standard InChI is InChI=1S/C13H13FN2S/c1-7-4-8(2)11(10(14)5-7)12-9(3)6-15-13(17)16-12/h4-6H,1-3H3,(H,15,16,17). The van der Waals surface area contributed by atoms with Crippen molar-refractivity contribution in [2.45, 2.75) is 20.8 Å². The molecule has 0 aliphatic carbocycles. The van der Waals surface area contributed by atoms with E-state index in [1.54, 1.807) is 6.20 Å².